The topological polar surface area (TPSA) is 70.7 Å². The van der Waals surface area contributed by atoms with Gasteiger partial charge >= 0.3 is 0 Å². The smallest absolute Gasteiger partial charge is 0.246 e. The minimum atomic E-state index is -0.0722. The minimum absolute atomic E-state index is 0.0722. The number of carbonyl (C=O) groups is 2. The van der Waals surface area contributed by atoms with Gasteiger partial charge in [0, 0.05) is 32.7 Å². The van der Waals surface area contributed by atoms with Crippen molar-refractivity contribution in [3.05, 3.63) is 0 Å². The molecule has 120 valence electrons. The fourth-order valence-corrected chi connectivity index (χ4v) is 3.14. The van der Waals surface area contributed by atoms with E-state index in [1.165, 1.54) is 7.11 Å². The Bertz CT molecular complexity index is 348. The largest absolute Gasteiger partial charge is 0.375 e. The van der Waals surface area contributed by atoms with Gasteiger partial charge in [0.15, 0.2) is 0 Å². The molecule has 0 aromatic heterocycles. The van der Waals surface area contributed by atoms with E-state index >= 15 is 0 Å². The molecule has 0 spiro atoms. The fourth-order valence-electron chi connectivity index (χ4n) is 3.14. The number of methoxy groups -OCH3 is 1. The number of amides is 2. The molecule has 0 unspecified atom stereocenters. The van der Waals surface area contributed by atoms with Crippen LogP contribution in [0.3, 0.4) is 0 Å². The van der Waals surface area contributed by atoms with Crippen LogP contribution in [0.25, 0.3) is 0 Å². The highest BCUT2D eigenvalue weighted by molar-refractivity contribution is 5.78. The van der Waals surface area contributed by atoms with Gasteiger partial charge in [-0.1, -0.05) is 0 Å². The van der Waals surface area contributed by atoms with Crippen LogP contribution in [-0.2, 0) is 14.3 Å². The molecule has 0 aliphatic carbocycles. The van der Waals surface area contributed by atoms with E-state index in [9.17, 15) is 9.59 Å². The predicted molar refractivity (Wildman–Crippen MR) is 79.8 cm³/mol. The molecular formula is C15H27N3O3. The number of carbonyl (C=O) groups excluding carboxylic acids is 2. The first-order chi connectivity index (χ1) is 10.2. The summed E-state index contributed by atoms with van der Waals surface area (Å²) < 4.78 is 4.81. The van der Waals surface area contributed by atoms with Gasteiger partial charge in [-0.25, -0.2) is 0 Å². The molecule has 0 atom stereocenters. The van der Waals surface area contributed by atoms with Gasteiger partial charge in [0.2, 0.25) is 11.8 Å². The van der Waals surface area contributed by atoms with Crippen molar-refractivity contribution in [1.29, 1.82) is 0 Å². The lowest BCUT2D eigenvalue weighted by Gasteiger charge is -2.33. The number of rotatable bonds is 5. The number of nitrogens with one attached hydrogen (secondary N) is 2. The molecule has 2 N–H and O–H groups in total. The Morgan fingerprint density at radius 3 is 2.48 bits per heavy atom. The third kappa shape index (κ3) is 5.28. The first-order valence-corrected chi connectivity index (χ1v) is 7.96. The Morgan fingerprint density at radius 2 is 1.86 bits per heavy atom. The van der Waals surface area contributed by atoms with Crippen LogP contribution in [0.2, 0.25) is 0 Å². The normalized spacial score (nSPS) is 21.3. The highest BCUT2D eigenvalue weighted by atomic mass is 16.5. The van der Waals surface area contributed by atoms with Crippen molar-refractivity contribution in [3.63, 3.8) is 0 Å². The van der Waals surface area contributed by atoms with Crippen LogP contribution in [0.5, 0.6) is 0 Å². The van der Waals surface area contributed by atoms with Crippen molar-refractivity contribution >= 4 is 11.8 Å². The Hall–Kier alpha value is -1.14. The van der Waals surface area contributed by atoms with E-state index in [4.69, 9.17) is 4.74 Å². The van der Waals surface area contributed by atoms with Crippen molar-refractivity contribution in [2.75, 3.05) is 39.9 Å². The van der Waals surface area contributed by atoms with Gasteiger partial charge in [0.25, 0.3) is 0 Å². The summed E-state index contributed by atoms with van der Waals surface area (Å²) in [5, 5.41) is 6.28. The predicted octanol–water partition coefficient (Wildman–Crippen LogP) is 0.130. The minimum Gasteiger partial charge on any atom is -0.375 e. The van der Waals surface area contributed by atoms with Crippen molar-refractivity contribution < 1.29 is 14.3 Å². The molecule has 0 aromatic carbocycles. The molecule has 2 rings (SSSR count). The van der Waals surface area contributed by atoms with Gasteiger partial charge in [0.05, 0.1) is 0 Å². The van der Waals surface area contributed by atoms with E-state index in [2.05, 4.69) is 10.6 Å². The van der Waals surface area contributed by atoms with Gasteiger partial charge < -0.3 is 20.3 Å². The summed E-state index contributed by atoms with van der Waals surface area (Å²) >= 11 is 0. The number of piperidine rings is 2. The summed E-state index contributed by atoms with van der Waals surface area (Å²) in [6, 6.07) is 0.176. The van der Waals surface area contributed by atoms with Crippen LogP contribution >= 0.6 is 0 Å². The highest BCUT2D eigenvalue weighted by Gasteiger charge is 2.25. The molecule has 2 fully saturated rings. The monoisotopic (exact) mass is 297 g/mol. The summed E-state index contributed by atoms with van der Waals surface area (Å²) in [7, 11) is 1.52. The Labute approximate surface area is 126 Å². The molecule has 2 amide bonds. The van der Waals surface area contributed by atoms with Gasteiger partial charge in [-0.2, -0.15) is 0 Å². The second-order valence-corrected chi connectivity index (χ2v) is 6.05. The summed E-state index contributed by atoms with van der Waals surface area (Å²) in [5.41, 5.74) is 0. The van der Waals surface area contributed by atoms with E-state index in [0.29, 0.717) is 12.3 Å². The number of hydrogen-bond donors (Lipinski definition) is 2. The Balaban J connectivity index is 1.67. The lowest BCUT2D eigenvalue weighted by Crippen LogP contribution is -2.47. The third-order valence-corrected chi connectivity index (χ3v) is 4.41. The summed E-state index contributed by atoms with van der Waals surface area (Å²) in [6.45, 7) is 3.68. The molecule has 2 heterocycles. The quantitative estimate of drug-likeness (QED) is 0.757. The second-order valence-electron chi connectivity index (χ2n) is 6.05. The molecule has 21 heavy (non-hydrogen) atoms. The third-order valence-electron chi connectivity index (χ3n) is 4.41. The summed E-state index contributed by atoms with van der Waals surface area (Å²) in [4.78, 5) is 25.7. The van der Waals surface area contributed by atoms with E-state index in [0.717, 1.165) is 51.9 Å². The fraction of sp³-hybridized carbons (Fsp3) is 0.867. The SMILES string of the molecule is COCC(=O)NC1CCN(C(=O)CC2CCNCC2)CC1. The van der Waals surface area contributed by atoms with E-state index in [-0.39, 0.29) is 24.5 Å². The second kappa shape index (κ2) is 8.34. The highest BCUT2D eigenvalue weighted by Crippen LogP contribution is 2.19. The maximum absolute atomic E-state index is 12.3. The van der Waals surface area contributed by atoms with Gasteiger partial charge in [-0.3, -0.25) is 9.59 Å². The van der Waals surface area contributed by atoms with E-state index in [1.54, 1.807) is 0 Å². The van der Waals surface area contributed by atoms with Crippen LogP contribution < -0.4 is 10.6 Å². The first kappa shape index (κ1) is 16.2. The molecule has 2 aliphatic heterocycles. The zero-order valence-corrected chi connectivity index (χ0v) is 12.9. The molecule has 0 saturated carbocycles. The molecule has 0 aromatic rings. The molecule has 6 heteroatoms. The summed E-state index contributed by atoms with van der Waals surface area (Å²) in [5.74, 6) is 0.749. The maximum atomic E-state index is 12.3. The molecule has 0 bridgehead atoms. The van der Waals surface area contributed by atoms with Gasteiger partial charge in [-0.15, -0.1) is 0 Å². The Morgan fingerprint density at radius 1 is 1.19 bits per heavy atom. The number of hydrogen-bond acceptors (Lipinski definition) is 4. The lowest BCUT2D eigenvalue weighted by atomic mass is 9.93. The van der Waals surface area contributed by atoms with Crippen LogP contribution in [0.15, 0.2) is 0 Å². The number of nitrogens with zero attached hydrogens (tertiary/aromatic N) is 1. The molecule has 0 radical (unpaired) electrons. The lowest BCUT2D eigenvalue weighted by molar-refractivity contribution is -0.133. The molecule has 6 nitrogen and oxygen atoms in total. The van der Waals surface area contributed by atoms with Crippen LogP contribution in [0, 0.1) is 5.92 Å². The van der Waals surface area contributed by atoms with Crippen molar-refractivity contribution in [2.45, 2.75) is 38.1 Å². The zero-order valence-electron chi connectivity index (χ0n) is 12.9. The van der Waals surface area contributed by atoms with Gasteiger partial charge in [-0.05, 0) is 44.7 Å². The van der Waals surface area contributed by atoms with Gasteiger partial charge in [0.1, 0.15) is 6.61 Å². The van der Waals surface area contributed by atoms with Crippen molar-refractivity contribution in [3.8, 4) is 0 Å². The summed E-state index contributed by atoms with van der Waals surface area (Å²) in [6.07, 6.45) is 4.58. The van der Waals surface area contributed by atoms with E-state index in [1.807, 2.05) is 4.90 Å². The standard InChI is InChI=1S/C15H27N3O3/c1-21-11-14(19)17-13-4-8-18(9-5-13)15(20)10-12-2-6-16-7-3-12/h12-13,16H,2-11H2,1H3,(H,17,19). The number of ether oxygens (including phenoxy) is 1. The molecule has 2 saturated heterocycles. The zero-order chi connectivity index (χ0) is 15.1. The van der Waals surface area contributed by atoms with Crippen LogP contribution in [0.4, 0.5) is 0 Å². The maximum Gasteiger partial charge on any atom is 0.246 e. The molecule has 2 aliphatic rings. The van der Waals surface area contributed by atoms with E-state index < -0.39 is 0 Å². The van der Waals surface area contributed by atoms with Crippen molar-refractivity contribution in [1.82, 2.24) is 15.5 Å². The van der Waals surface area contributed by atoms with Crippen LogP contribution in [0.1, 0.15) is 32.1 Å². The average Bonchev–Trinajstić information content (AvgIpc) is 2.49. The average molecular weight is 297 g/mol. The number of likely N-dealkylation sites (tertiary alicyclic amines) is 1. The molecular weight excluding hydrogens is 270 g/mol. The van der Waals surface area contributed by atoms with Crippen molar-refractivity contribution in [2.24, 2.45) is 5.92 Å². The first-order valence-electron chi connectivity index (χ1n) is 7.96. The Kier molecular flexibility index (Phi) is 6.45. The van der Waals surface area contributed by atoms with Crippen LogP contribution in [-0.4, -0.2) is 62.7 Å².